The Bertz CT molecular complexity index is 932. The molecule has 1 heterocycles. The Morgan fingerprint density at radius 3 is 2.69 bits per heavy atom. The van der Waals surface area contributed by atoms with E-state index in [1.807, 2.05) is 36.5 Å². The van der Waals surface area contributed by atoms with Crippen LogP contribution >= 0.6 is 0 Å². The van der Waals surface area contributed by atoms with Crippen LogP contribution in [0, 0.1) is 10.1 Å². The normalized spacial score (nSPS) is 10.8. The average molecular weight is 349 g/mol. The van der Waals surface area contributed by atoms with Crippen LogP contribution in [0.1, 0.15) is 11.1 Å². The first-order valence-corrected chi connectivity index (χ1v) is 7.80. The molecule has 0 N–H and O–H groups in total. The summed E-state index contributed by atoms with van der Waals surface area (Å²) in [6, 6.07) is 15.3. The van der Waals surface area contributed by atoms with E-state index in [4.69, 9.17) is 4.74 Å². The Kier molecular flexibility index (Phi) is 5.19. The van der Waals surface area contributed by atoms with Gasteiger partial charge in [-0.05, 0) is 35.4 Å². The first-order valence-electron chi connectivity index (χ1n) is 7.80. The fraction of sp³-hybridized carbons (Fsp3) is 0.0526. The van der Waals surface area contributed by atoms with Gasteiger partial charge in [0.2, 0.25) is 0 Å². The van der Waals surface area contributed by atoms with Gasteiger partial charge in [0.05, 0.1) is 10.6 Å². The van der Waals surface area contributed by atoms with Crippen molar-refractivity contribution in [3.8, 4) is 5.69 Å². The number of aromatic nitrogens is 2. The molecule has 7 nitrogen and oxygen atoms in total. The second-order valence-electron chi connectivity index (χ2n) is 5.41. The molecule has 0 amide bonds. The van der Waals surface area contributed by atoms with E-state index in [0.717, 1.165) is 11.3 Å². The SMILES string of the molecule is O=C(/C=C/c1cccc([N+](=O)[O-])c1)OCc1ccc(-n2cccn2)cc1. The maximum absolute atomic E-state index is 11.8. The van der Waals surface area contributed by atoms with Crippen LogP contribution in [0.25, 0.3) is 11.8 Å². The van der Waals surface area contributed by atoms with Crippen molar-refractivity contribution in [1.82, 2.24) is 9.78 Å². The smallest absolute Gasteiger partial charge is 0.331 e. The zero-order valence-corrected chi connectivity index (χ0v) is 13.7. The monoisotopic (exact) mass is 349 g/mol. The molecule has 2 aromatic carbocycles. The molecular formula is C19H15N3O4. The van der Waals surface area contributed by atoms with Gasteiger partial charge < -0.3 is 4.74 Å². The number of nitro groups is 1. The molecule has 0 unspecified atom stereocenters. The van der Waals surface area contributed by atoms with Gasteiger partial charge in [0.25, 0.3) is 5.69 Å². The molecule has 1 aromatic heterocycles. The van der Waals surface area contributed by atoms with E-state index >= 15 is 0 Å². The summed E-state index contributed by atoms with van der Waals surface area (Å²) >= 11 is 0. The van der Waals surface area contributed by atoms with Crippen LogP contribution in [-0.4, -0.2) is 20.7 Å². The molecule has 0 saturated carbocycles. The van der Waals surface area contributed by atoms with Crippen LogP contribution in [-0.2, 0) is 16.1 Å². The molecule has 3 rings (SSSR count). The number of rotatable bonds is 6. The molecule has 0 bridgehead atoms. The minimum Gasteiger partial charge on any atom is -0.458 e. The number of carbonyl (C=O) groups is 1. The summed E-state index contributed by atoms with van der Waals surface area (Å²) in [5.74, 6) is -0.521. The van der Waals surface area contributed by atoms with Crippen LogP contribution < -0.4 is 0 Å². The van der Waals surface area contributed by atoms with Crippen molar-refractivity contribution in [3.63, 3.8) is 0 Å². The molecule has 0 radical (unpaired) electrons. The lowest BCUT2D eigenvalue weighted by atomic mass is 10.2. The maximum Gasteiger partial charge on any atom is 0.331 e. The molecule has 0 aliphatic carbocycles. The fourth-order valence-electron chi connectivity index (χ4n) is 2.28. The highest BCUT2D eigenvalue weighted by molar-refractivity contribution is 5.87. The molecule has 26 heavy (non-hydrogen) atoms. The number of esters is 1. The highest BCUT2D eigenvalue weighted by atomic mass is 16.6. The summed E-state index contributed by atoms with van der Waals surface area (Å²) in [4.78, 5) is 22.1. The number of ether oxygens (including phenoxy) is 1. The molecule has 0 spiro atoms. The lowest BCUT2D eigenvalue weighted by molar-refractivity contribution is -0.384. The fourth-order valence-corrected chi connectivity index (χ4v) is 2.28. The van der Waals surface area contributed by atoms with Crippen molar-refractivity contribution in [2.24, 2.45) is 0 Å². The number of nitro benzene ring substituents is 1. The average Bonchev–Trinajstić information content (AvgIpc) is 3.20. The Balaban J connectivity index is 1.55. The van der Waals surface area contributed by atoms with Gasteiger partial charge in [-0.2, -0.15) is 5.10 Å². The molecule has 7 heteroatoms. The van der Waals surface area contributed by atoms with Crippen molar-refractivity contribution < 1.29 is 14.5 Å². The first-order chi connectivity index (χ1) is 12.6. The summed E-state index contributed by atoms with van der Waals surface area (Å²) in [6.45, 7) is 0.136. The van der Waals surface area contributed by atoms with Crippen LogP contribution in [0.5, 0.6) is 0 Å². The summed E-state index contributed by atoms with van der Waals surface area (Å²) in [7, 11) is 0. The van der Waals surface area contributed by atoms with Gasteiger partial charge in [-0.3, -0.25) is 10.1 Å². The lowest BCUT2D eigenvalue weighted by Crippen LogP contribution is -2.01. The predicted molar refractivity (Wildman–Crippen MR) is 95.5 cm³/mol. The van der Waals surface area contributed by atoms with E-state index in [0.29, 0.717) is 5.56 Å². The Hall–Kier alpha value is -3.74. The predicted octanol–water partition coefficient (Wildman–Crippen LogP) is 3.54. The topological polar surface area (TPSA) is 87.3 Å². The van der Waals surface area contributed by atoms with Crippen molar-refractivity contribution in [1.29, 1.82) is 0 Å². The molecule has 3 aromatic rings. The third kappa shape index (κ3) is 4.41. The van der Waals surface area contributed by atoms with E-state index in [9.17, 15) is 14.9 Å². The molecule has 0 atom stereocenters. The van der Waals surface area contributed by atoms with Crippen LogP contribution in [0.3, 0.4) is 0 Å². The number of non-ortho nitro benzene ring substituents is 1. The van der Waals surface area contributed by atoms with Gasteiger partial charge in [0, 0.05) is 30.6 Å². The number of hydrogen-bond acceptors (Lipinski definition) is 5. The van der Waals surface area contributed by atoms with E-state index in [2.05, 4.69) is 5.10 Å². The number of hydrogen-bond donors (Lipinski definition) is 0. The zero-order chi connectivity index (χ0) is 18.4. The Labute approximate surface area is 149 Å². The maximum atomic E-state index is 11.8. The van der Waals surface area contributed by atoms with Gasteiger partial charge in [0.15, 0.2) is 0 Å². The molecule has 0 fully saturated rings. The Morgan fingerprint density at radius 1 is 1.19 bits per heavy atom. The third-order valence-corrected chi connectivity index (χ3v) is 3.58. The van der Waals surface area contributed by atoms with Gasteiger partial charge in [-0.15, -0.1) is 0 Å². The lowest BCUT2D eigenvalue weighted by Gasteiger charge is -2.05. The zero-order valence-electron chi connectivity index (χ0n) is 13.7. The van der Waals surface area contributed by atoms with Gasteiger partial charge in [-0.1, -0.05) is 24.3 Å². The largest absolute Gasteiger partial charge is 0.458 e. The molecule has 130 valence electrons. The second kappa shape index (κ2) is 7.89. The molecule has 0 aliphatic rings. The van der Waals surface area contributed by atoms with Gasteiger partial charge >= 0.3 is 5.97 Å². The minimum atomic E-state index is -0.521. The van der Waals surface area contributed by atoms with Crippen molar-refractivity contribution >= 4 is 17.7 Å². The van der Waals surface area contributed by atoms with Crippen LogP contribution in [0.4, 0.5) is 5.69 Å². The van der Waals surface area contributed by atoms with Crippen molar-refractivity contribution in [2.45, 2.75) is 6.61 Å². The molecule has 0 saturated heterocycles. The third-order valence-electron chi connectivity index (χ3n) is 3.58. The number of carbonyl (C=O) groups excluding carboxylic acids is 1. The summed E-state index contributed by atoms with van der Waals surface area (Å²) < 4.78 is 6.91. The quantitative estimate of drug-likeness (QED) is 0.294. The minimum absolute atomic E-state index is 0.0298. The van der Waals surface area contributed by atoms with Crippen LogP contribution in [0.15, 0.2) is 73.1 Å². The summed E-state index contributed by atoms with van der Waals surface area (Å²) in [6.07, 6.45) is 6.27. The van der Waals surface area contributed by atoms with Crippen LogP contribution in [0.2, 0.25) is 0 Å². The summed E-state index contributed by atoms with van der Waals surface area (Å²) in [5, 5.41) is 14.9. The van der Waals surface area contributed by atoms with Crippen molar-refractivity contribution in [2.75, 3.05) is 0 Å². The van der Waals surface area contributed by atoms with E-state index in [-0.39, 0.29) is 12.3 Å². The second-order valence-corrected chi connectivity index (χ2v) is 5.41. The number of nitrogens with zero attached hydrogens (tertiary/aromatic N) is 3. The van der Waals surface area contributed by atoms with E-state index in [1.54, 1.807) is 23.0 Å². The van der Waals surface area contributed by atoms with E-state index in [1.165, 1.54) is 24.3 Å². The first kappa shape index (κ1) is 17.1. The van der Waals surface area contributed by atoms with Gasteiger partial charge in [0.1, 0.15) is 6.61 Å². The van der Waals surface area contributed by atoms with Crippen molar-refractivity contribution in [3.05, 3.63) is 94.3 Å². The molecular weight excluding hydrogens is 334 g/mol. The highest BCUT2D eigenvalue weighted by Gasteiger charge is 2.05. The summed E-state index contributed by atoms with van der Waals surface area (Å²) in [5.41, 5.74) is 2.28. The number of benzene rings is 2. The standard InChI is InChI=1S/C19H15N3O4/c23-19(10-7-15-3-1-4-18(13-15)22(24)25)26-14-16-5-8-17(9-6-16)21-12-2-11-20-21/h1-13H,14H2/b10-7+. The van der Waals surface area contributed by atoms with Gasteiger partial charge in [-0.25, -0.2) is 9.48 Å². The molecule has 0 aliphatic heterocycles. The Morgan fingerprint density at radius 2 is 2.00 bits per heavy atom. The van der Waals surface area contributed by atoms with E-state index < -0.39 is 10.9 Å². The highest BCUT2D eigenvalue weighted by Crippen LogP contribution is 2.14.